The van der Waals surface area contributed by atoms with E-state index in [-0.39, 0.29) is 31.4 Å². The van der Waals surface area contributed by atoms with Crippen molar-refractivity contribution in [3.05, 3.63) is 0 Å². The molecule has 1 saturated heterocycles. The summed E-state index contributed by atoms with van der Waals surface area (Å²) in [5, 5.41) is 17.9. The van der Waals surface area contributed by atoms with Gasteiger partial charge in [0.15, 0.2) is 0 Å². The first-order valence-corrected chi connectivity index (χ1v) is 5.98. The third kappa shape index (κ3) is 4.00. The molecule has 0 radical (unpaired) electrons. The molecule has 0 aliphatic carbocycles. The second-order valence-electron chi connectivity index (χ2n) is 5.48. The van der Waals surface area contributed by atoms with Crippen molar-refractivity contribution in [2.45, 2.75) is 45.6 Å². The average molecular weight is 243 g/mol. The molecular weight excluding hydrogens is 222 g/mol. The van der Waals surface area contributed by atoms with Gasteiger partial charge in [0, 0.05) is 13.0 Å². The van der Waals surface area contributed by atoms with Gasteiger partial charge in [0.1, 0.15) is 0 Å². The first-order valence-electron chi connectivity index (χ1n) is 5.98. The van der Waals surface area contributed by atoms with Crippen molar-refractivity contribution in [2.24, 2.45) is 5.41 Å². The lowest BCUT2D eigenvalue weighted by Crippen LogP contribution is -2.39. The summed E-state index contributed by atoms with van der Waals surface area (Å²) in [7, 11) is 0. The van der Waals surface area contributed by atoms with Gasteiger partial charge >= 0.3 is 5.97 Å². The molecule has 0 aromatic rings. The van der Waals surface area contributed by atoms with E-state index in [0.717, 1.165) is 12.8 Å². The van der Waals surface area contributed by atoms with Gasteiger partial charge in [-0.15, -0.1) is 0 Å². The van der Waals surface area contributed by atoms with Crippen LogP contribution in [-0.2, 0) is 9.59 Å². The lowest BCUT2D eigenvalue weighted by molar-refractivity contribution is -0.141. The van der Waals surface area contributed by atoms with E-state index >= 15 is 0 Å². The number of rotatable bonds is 5. The molecule has 0 bridgehead atoms. The van der Waals surface area contributed by atoms with Crippen molar-refractivity contribution in [3.8, 4) is 0 Å². The van der Waals surface area contributed by atoms with E-state index in [9.17, 15) is 9.59 Å². The van der Waals surface area contributed by atoms with Gasteiger partial charge in [-0.1, -0.05) is 13.8 Å². The molecule has 1 unspecified atom stereocenters. The molecule has 1 atom stereocenters. The minimum atomic E-state index is -0.886. The van der Waals surface area contributed by atoms with E-state index in [1.54, 1.807) is 18.7 Å². The van der Waals surface area contributed by atoms with Crippen molar-refractivity contribution < 1.29 is 19.8 Å². The summed E-state index contributed by atoms with van der Waals surface area (Å²) in [5.41, 5.74) is -0.536. The fraction of sp³-hybridized carbons (Fsp3) is 0.833. The van der Waals surface area contributed by atoms with Crippen LogP contribution in [0.3, 0.4) is 0 Å². The van der Waals surface area contributed by atoms with Gasteiger partial charge in [0.25, 0.3) is 0 Å². The maximum atomic E-state index is 12.0. The Morgan fingerprint density at radius 3 is 2.53 bits per heavy atom. The Hall–Kier alpha value is -1.10. The molecule has 5 heteroatoms. The fourth-order valence-corrected chi connectivity index (χ4v) is 2.34. The van der Waals surface area contributed by atoms with Crippen molar-refractivity contribution in [3.63, 3.8) is 0 Å². The minimum Gasteiger partial charge on any atom is -0.481 e. The van der Waals surface area contributed by atoms with Crippen LogP contribution < -0.4 is 0 Å². The van der Waals surface area contributed by atoms with Gasteiger partial charge in [-0.2, -0.15) is 0 Å². The second kappa shape index (κ2) is 5.49. The van der Waals surface area contributed by atoms with Crippen LogP contribution in [0.25, 0.3) is 0 Å². The molecule has 98 valence electrons. The molecule has 17 heavy (non-hydrogen) atoms. The zero-order valence-corrected chi connectivity index (χ0v) is 10.5. The van der Waals surface area contributed by atoms with Crippen molar-refractivity contribution >= 4 is 11.9 Å². The van der Waals surface area contributed by atoms with Gasteiger partial charge in [-0.3, -0.25) is 9.59 Å². The molecular formula is C12H21NO4. The van der Waals surface area contributed by atoms with Crippen LogP contribution in [0.1, 0.15) is 39.5 Å². The normalized spacial score (nSPS) is 20.6. The lowest BCUT2D eigenvalue weighted by atomic mass is 9.85. The number of carbonyl (C=O) groups is 2. The van der Waals surface area contributed by atoms with Crippen molar-refractivity contribution in [1.82, 2.24) is 4.90 Å². The molecule has 1 fully saturated rings. The number of carbonyl (C=O) groups excluding carboxylic acids is 1. The van der Waals surface area contributed by atoms with Gasteiger partial charge in [-0.25, -0.2) is 0 Å². The molecule has 1 heterocycles. The average Bonchev–Trinajstić information content (AvgIpc) is 2.61. The van der Waals surface area contributed by atoms with E-state index < -0.39 is 11.4 Å². The number of aliphatic hydroxyl groups is 1. The van der Waals surface area contributed by atoms with Crippen LogP contribution >= 0.6 is 0 Å². The number of aliphatic hydroxyl groups excluding tert-OH is 1. The Balaban J connectivity index is 2.56. The highest BCUT2D eigenvalue weighted by atomic mass is 16.4. The quantitative estimate of drug-likeness (QED) is 0.750. The van der Waals surface area contributed by atoms with Crippen LogP contribution in [0.4, 0.5) is 0 Å². The lowest BCUT2D eigenvalue weighted by Gasteiger charge is -2.28. The maximum absolute atomic E-state index is 12.0. The molecule has 0 aromatic carbocycles. The highest BCUT2D eigenvalue weighted by molar-refractivity contribution is 5.78. The van der Waals surface area contributed by atoms with Crippen LogP contribution in [0.5, 0.6) is 0 Å². The van der Waals surface area contributed by atoms with E-state index in [0.29, 0.717) is 6.54 Å². The summed E-state index contributed by atoms with van der Waals surface area (Å²) in [6.45, 7) is 4.23. The van der Waals surface area contributed by atoms with E-state index in [1.807, 2.05) is 0 Å². The Labute approximate surface area is 101 Å². The SMILES string of the molecule is CC(C)(CC(=O)O)CC(=O)N1CCCC1CO. The Morgan fingerprint density at radius 2 is 2.00 bits per heavy atom. The number of carboxylic acid groups (broad SMARTS) is 1. The number of nitrogens with zero attached hydrogens (tertiary/aromatic N) is 1. The minimum absolute atomic E-state index is 0.00883. The van der Waals surface area contributed by atoms with Crippen LogP contribution in [0, 0.1) is 5.41 Å². The number of hydrogen-bond acceptors (Lipinski definition) is 3. The molecule has 1 rings (SSSR count). The fourth-order valence-electron chi connectivity index (χ4n) is 2.34. The monoisotopic (exact) mass is 243 g/mol. The Morgan fingerprint density at radius 1 is 1.35 bits per heavy atom. The van der Waals surface area contributed by atoms with E-state index in [2.05, 4.69) is 0 Å². The smallest absolute Gasteiger partial charge is 0.303 e. The van der Waals surface area contributed by atoms with Gasteiger partial charge < -0.3 is 15.1 Å². The highest BCUT2D eigenvalue weighted by Crippen LogP contribution is 2.28. The number of carboxylic acids is 1. The standard InChI is InChI=1S/C12H21NO4/c1-12(2,7-11(16)17)6-10(15)13-5-3-4-9(13)8-14/h9,14H,3-8H2,1-2H3,(H,16,17). The van der Waals surface area contributed by atoms with Crippen molar-refractivity contribution in [1.29, 1.82) is 0 Å². The summed E-state index contributed by atoms with van der Waals surface area (Å²) in [6.07, 6.45) is 1.95. The summed E-state index contributed by atoms with van der Waals surface area (Å²) < 4.78 is 0. The van der Waals surface area contributed by atoms with Crippen LogP contribution in [0.2, 0.25) is 0 Å². The van der Waals surface area contributed by atoms with Crippen molar-refractivity contribution in [2.75, 3.05) is 13.2 Å². The zero-order valence-electron chi connectivity index (χ0n) is 10.5. The number of hydrogen-bond donors (Lipinski definition) is 2. The zero-order chi connectivity index (χ0) is 13.1. The summed E-state index contributed by atoms with van der Waals surface area (Å²) in [6, 6.07) is -0.0804. The van der Waals surface area contributed by atoms with E-state index in [1.165, 1.54) is 0 Å². The van der Waals surface area contributed by atoms with Gasteiger partial charge in [-0.05, 0) is 18.3 Å². The number of likely N-dealkylation sites (tertiary alicyclic amines) is 1. The number of amides is 1. The highest BCUT2D eigenvalue weighted by Gasteiger charge is 2.32. The first-order chi connectivity index (χ1) is 7.85. The molecule has 1 aliphatic heterocycles. The first kappa shape index (κ1) is 14.0. The largest absolute Gasteiger partial charge is 0.481 e. The molecule has 1 aliphatic rings. The summed E-state index contributed by atoms with van der Waals surface area (Å²) in [5.74, 6) is -0.935. The summed E-state index contributed by atoms with van der Waals surface area (Å²) >= 11 is 0. The van der Waals surface area contributed by atoms with E-state index in [4.69, 9.17) is 10.2 Å². The molecule has 5 nitrogen and oxygen atoms in total. The second-order valence-corrected chi connectivity index (χ2v) is 5.48. The molecule has 0 saturated carbocycles. The molecule has 0 aromatic heterocycles. The molecule has 2 N–H and O–H groups in total. The predicted octanol–water partition coefficient (Wildman–Crippen LogP) is 0.861. The van der Waals surface area contributed by atoms with Gasteiger partial charge in [0.2, 0.25) is 5.91 Å². The number of aliphatic carboxylic acids is 1. The maximum Gasteiger partial charge on any atom is 0.303 e. The molecule has 1 amide bonds. The molecule has 0 spiro atoms. The predicted molar refractivity (Wildman–Crippen MR) is 62.5 cm³/mol. The Kier molecular flexibility index (Phi) is 4.51. The topological polar surface area (TPSA) is 77.8 Å². The summed E-state index contributed by atoms with van der Waals surface area (Å²) in [4.78, 5) is 24.4. The van der Waals surface area contributed by atoms with Crippen LogP contribution in [-0.4, -0.2) is 46.2 Å². The van der Waals surface area contributed by atoms with Crippen LogP contribution in [0.15, 0.2) is 0 Å². The van der Waals surface area contributed by atoms with Gasteiger partial charge in [0.05, 0.1) is 19.1 Å². The third-order valence-electron chi connectivity index (χ3n) is 3.17. The third-order valence-corrected chi connectivity index (χ3v) is 3.17. The Bertz CT molecular complexity index is 301.